The molecule has 0 amide bonds. The number of halogens is 1. The van der Waals surface area contributed by atoms with Crippen molar-refractivity contribution in [1.82, 2.24) is 9.88 Å². The van der Waals surface area contributed by atoms with Crippen LogP contribution in [0.25, 0.3) is 0 Å². The Morgan fingerprint density at radius 2 is 2.33 bits per heavy atom. The zero-order valence-electron chi connectivity index (χ0n) is 12.1. The summed E-state index contributed by atoms with van der Waals surface area (Å²) in [6.07, 6.45) is 2.60. The summed E-state index contributed by atoms with van der Waals surface area (Å²) in [4.78, 5) is 19.6. The maximum absolute atomic E-state index is 13.3. The molecule has 0 saturated carbocycles. The lowest BCUT2D eigenvalue weighted by molar-refractivity contribution is 0.104. The van der Waals surface area contributed by atoms with Gasteiger partial charge in [-0.25, -0.2) is 9.37 Å². The number of ketones is 1. The Morgan fingerprint density at radius 3 is 2.90 bits per heavy atom. The second kappa shape index (κ2) is 6.35. The number of hydrogen-bond donors (Lipinski definition) is 0. The molecule has 0 unspecified atom stereocenters. The van der Waals surface area contributed by atoms with Crippen LogP contribution in [0.15, 0.2) is 24.4 Å². The fraction of sp³-hybridized carbons (Fsp3) is 0.400. The number of hydrogen-bond acceptors (Lipinski definition) is 5. The maximum Gasteiger partial charge on any atom is 0.205 e. The smallest absolute Gasteiger partial charge is 0.205 e. The number of alkyl halides is 1. The number of carbonyl (C=O) groups is 1. The molecule has 2 heterocycles. The van der Waals surface area contributed by atoms with Crippen LogP contribution in [0.3, 0.4) is 0 Å². The third kappa shape index (κ3) is 3.57. The zero-order chi connectivity index (χ0) is 15.4. The molecule has 110 valence electrons. The summed E-state index contributed by atoms with van der Waals surface area (Å²) in [5.74, 6) is -0.267. The molecule has 1 aliphatic heterocycles. The van der Waals surface area contributed by atoms with E-state index >= 15 is 0 Å². The molecule has 5 nitrogen and oxygen atoms in total. The van der Waals surface area contributed by atoms with Crippen LogP contribution in [0.2, 0.25) is 0 Å². The summed E-state index contributed by atoms with van der Waals surface area (Å²) >= 11 is 0. The number of nitriles is 1. The molecule has 1 fully saturated rings. The zero-order valence-corrected chi connectivity index (χ0v) is 12.1. The molecule has 1 atom stereocenters. The summed E-state index contributed by atoms with van der Waals surface area (Å²) in [7, 11) is 3.61. The molecule has 0 radical (unpaired) electrons. The summed E-state index contributed by atoms with van der Waals surface area (Å²) in [5.41, 5.74) is 0.961. The van der Waals surface area contributed by atoms with Crippen molar-refractivity contribution >= 4 is 11.5 Å². The number of nitrogens with zero attached hydrogens (tertiary/aromatic N) is 4. The van der Waals surface area contributed by atoms with Crippen molar-refractivity contribution in [2.75, 3.05) is 32.1 Å². The molecule has 0 aliphatic carbocycles. The highest BCUT2D eigenvalue weighted by molar-refractivity contribution is 6.03. The first-order valence-corrected chi connectivity index (χ1v) is 6.70. The quantitative estimate of drug-likeness (QED) is 0.624. The van der Waals surface area contributed by atoms with Gasteiger partial charge in [-0.05, 0) is 18.6 Å². The van der Waals surface area contributed by atoms with Crippen molar-refractivity contribution in [2.24, 2.45) is 0 Å². The van der Waals surface area contributed by atoms with Gasteiger partial charge in [0, 0.05) is 39.5 Å². The second-order valence-electron chi connectivity index (χ2n) is 5.15. The van der Waals surface area contributed by atoms with E-state index in [-0.39, 0.29) is 23.7 Å². The molecular weight excluding hydrogens is 271 g/mol. The number of anilines is 1. The van der Waals surface area contributed by atoms with Gasteiger partial charge in [0.25, 0.3) is 0 Å². The van der Waals surface area contributed by atoms with E-state index < -0.39 is 6.17 Å². The molecule has 0 bridgehead atoms. The van der Waals surface area contributed by atoms with Crippen LogP contribution >= 0.6 is 0 Å². The normalized spacial score (nSPS) is 18.0. The SMILES string of the molecule is CN(C)/C=C/C(=O)c1ccc(N2CC[C@H](F)C2)c(C#N)n1. The fourth-order valence-corrected chi connectivity index (χ4v) is 2.17. The third-order valence-electron chi connectivity index (χ3n) is 3.23. The number of allylic oxidation sites excluding steroid dienone is 1. The molecule has 1 aliphatic rings. The molecule has 2 rings (SSSR count). The van der Waals surface area contributed by atoms with E-state index in [0.717, 1.165) is 0 Å². The van der Waals surface area contributed by atoms with E-state index in [1.165, 1.54) is 6.08 Å². The fourth-order valence-electron chi connectivity index (χ4n) is 2.17. The van der Waals surface area contributed by atoms with E-state index in [1.807, 2.05) is 20.2 Å². The van der Waals surface area contributed by atoms with Crippen LogP contribution in [0.1, 0.15) is 22.6 Å². The lowest BCUT2D eigenvalue weighted by atomic mass is 10.2. The van der Waals surface area contributed by atoms with Gasteiger partial charge in [-0.15, -0.1) is 0 Å². The molecule has 0 aromatic carbocycles. The second-order valence-corrected chi connectivity index (χ2v) is 5.15. The van der Waals surface area contributed by atoms with Crippen molar-refractivity contribution in [3.05, 3.63) is 35.8 Å². The minimum absolute atomic E-state index is 0.160. The van der Waals surface area contributed by atoms with E-state index in [4.69, 9.17) is 0 Å². The lowest BCUT2D eigenvalue weighted by Crippen LogP contribution is -2.21. The van der Waals surface area contributed by atoms with E-state index in [0.29, 0.717) is 18.7 Å². The van der Waals surface area contributed by atoms with Gasteiger partial charge >= 0.3 is 0 Å². The van der Waals surface area contributed by atoms with E-state index in [9.17, 15) is 14.4 Å². The molecule has 21 heavy (non-hydrogen) atoms. The summed E-state index contributed by atoms with van der Waals surface area (Å²) in [6, 6.07) is 5.23. The standard InChI is InChI=1S/C15H17FN4O/c1-19(2)7-6-15(21)12-3-4-14(13(9-17)18-12)20-8-5-11(16)10-20/h3-4,6-7,11H,5,8,10H2,1-2H3/b7-6+/t11-/m0/s1. The highest BCUT2D eigenvalue weighted by Gasteiger charge is 2.24. The molecule has 0 spiro atoms. The van der Waals surface area contributed by atoms with Gasteiger partial charge in [-0.2, -0.15) is 5.26 Å². The lowest BCUT2D eigenvalue weighted by Gasteiger charge is -2.18. The Balaban J connectivity index is 2.25. The van der Waals surface area contributed by atoms with Crippen molar-refractivity contribution in [3.63, 3.8) is 0 Å². The molecule has 1 saturated heterocycles. The van der Waals surface area contributed by atoms with Gasteiger partial charge in [-0.1, -0.05) is 0 Å². The van der Waals surface area contributed by atoms with Crippen molar-refractivity contribution in [3.8, 4) is 6.07 Å². The van der Waals surface area contributed by atoms with Gasteiger partial charge < -0.3 is 9.80 Å². The summed E-state index contributed by atoms with van der Waals surface area (Å²) in [6.45, 7) is 0.829. The van der Waals surface area contributed by atoms with Gasteiger partial charge in [0.1, 0.15) is 17.9 Å². The third-order valence-corrected chi connectivity index (χ3v) is 3.23. The van der Waals surface area contributed by atoms with Gasteiger partial charge in [-0.3, -0.25) is 4.79 Å². The minimum Gasteiger partial charge on any atom is -0.383 e. The number of carbonyl (C=O) groups excluding carboxylic acids is 1. The Kier molecular flexibility index (Phi) is 4.53. The maximum atomic E-state index is 13.3. The van der Waals surface area contributed by atoms with Crippen molar-refractivity contribution < 1.29 is 9.18 Å². The monoisotopic (exact) mass is 288 g/mol. The largest absolute Gasteiger partial charge is 0.383 e. The number of rotatable bonds is 4. The minimum atomic E-state index is -0.874. The highest BCUT2D eigenvalue weighted by Crippen LogP contribution is 2.24. The molecular formula is C15H17FN4O. The molecule has 0 N–H and O–H groups in total. The van der Waals surface area contributed by atoms with Crippen LogP contribution in [0.5, 0.6) is 0 Å². The van der Waals surface area contributed by atoms with Crippen LogP contribution in [-0.4, -0.2) is 49.0 Å². The number of aromatic nitrogens is 1. The van der Waals surface area contributed by atoms with E-state index in [2.05, 4.69) is 4.98 Å². The Bertz CT molecular complexity index is 606. The molecule has 1 aromatic rings. The van der Waals surface area contributed by atoms with Crippen molar-refractivity contribution in [1.29, 1.82) is 5.26 Å². The summed E-state index contributed by atoms with van der Waals surface area (Å²) < 4.78 is 13.3. The predicted octanol–water partition coefficient (Wildman–Crippen LogP) is 1.76. The van der Waals surface area contributed by atoms with Gasteiger partial charge in [0.15, 0.2) is 5.69 Å². The topological polar surface area (TPSA) is 60.2 Å². The van der Waals surface area contributed by atoms with E-state index in [1.54, 1.807) is 28.1 Å². The van der Waals surface area contributed by atoms with Gasteiger partial charge in [0.05, 0.1) is 5.69 Å². The Morgan fingerprint density at radius 1 is 1.57 bits per heavy atom. The van der Waals surface area contributed by atoms with Crippen LogP contribution in [0, 0.1) is 11.3 Å². The first kappa shape index (κ1) is 15.0. The average molecular weight is 288 g/mol. The average Bonchev–Trinajstić information content (AvgIpc) is 2.90. The van der Waals surface area contributed by atoms with Crippen LogP contribution in [-0.2, 0) is 0 Å². The van der Waals surface area contributed by atoms with Gasteiger partial charge in [0.2, 0.25) is 5.78 Å². The first-order chi connectivity index (χ1) is 10.0. The first-order valence-electron chi connectivity index (χ1n) is 6.70. The Hall–Kier alpha value is -2.42. The van der Waals surface area contributed by atoms with Crippen LogP contribution < -0.4 is 4.90 Å². The number of pyridine rings is 1. The Labute approximate surface area is 123 Å². The summed E-state index contributed by atoms with van der Waals surface area (Å²) in [5, 5.41) is 9.20. The molecule has 6 heteroatoms. The molecule has 1 aromatic heterocycles. The van der Waals surface area contributed by atoms with Crippen LogP contribution in [0.4, 0.5) is 10.1 Å². The van der Waals surface area contributed by atoms with Crippen molar-refractivity contribution in [2.45, 2.75) is 12.6 Å². The highest BCUT2D eigenvalue weighted by atomic mass is 19.1. The predicted molar refractivity (Wildman–Crippen MR) is 77.8 cm³/mol.